The number of esters is 1. The maximum atomic E-state index is 12.1. The number of ether oxygens (including phenoxy) is 1. The van der Waals surface area contributed by atoms with E-state index in [1.165, 1.54) is 12.3 Å². The number of carbonyl (C=O) groups excluding carboxylic acids is 3. The summed E-state index contributed by atoms with van der Waals surface area (Å²) in [6, 6.07) is 20.1. The number of hydrogen-bond donors (Lipinski definition) is 2. The lowest BCUT2D eigenvalue weighted by atomic mass is 10.1. The molecule has 3 aromatic rings. The Hall–Kier alpha value is -3.97. The average Bonchev–Trinajstić information content (AvgIpc) is 2.79. The Morgan fingerprint density at radius 2 is 1.75 bits per heavy atom. The standard InChI is InChI=1S/C24H20ClN3O4/c1-16-5-2-3-8-21(16)23(30)26-15-22(29)28-27-14-17-9-11-20(12-10-17)32-24(31)18-6-4-7-19(25)13-18/h2-14H,15H2,1H3,(H,26,30)(H,28,29). The van der Waals surface area contributed by atoms with Crippen LogP contribution in [0.25, 0.3) is 0 Å². The lowest BCUT2D eigenvalue weighted by Crippen LogP contribution is -2.35. The molecular weight excluding hydrogens is 430 g/mol. The van der Waals surface area contributed by atoms with Gasteiger partial charge in [0.1, 0.15) is 5.75 Å². The predicted molar refractivity (Wildman–Crippen MR) is 122 cm³/mol. The number of amides is 2. The quantitative estimate of drug-likeness (QED) is 0.248. The smallest absolute Gasteiger partial charge is 0.343 e. The van der Waals surface area contributed by atoms with Crippen LogP contribution in [0.2, 0.25) is 5.02 Å². The third kappa shape index (κ3) is 6.52. The molecule has 32 heavy (non-hydrogen) atoms. The van der Waals surface area contributed by atoms with Crippen molar-refractivity contribution in [1.82, 2.24) is 10.7 Å². The lowest BCUT2D eigenvalue weighted by Gasteiger charge is -2.06. The Morgan fingerprint density at radius 3 is 2.47 bits per heavy atom. The van der Waals surface area contributed by atoms with Crippen LogP contribution in [0.1, 0.15) is 31.8 Å². The molecule has 0 bridgehead atoms. The monoisotopic (exact) mass is 449 g/mol. The number of aryl methyl sites for hydroxylation is 1. The van der Waals surface area contributed by atoms with E-state index in [4.69, 9.17) is 16.3 Å². The molecule has 0 atom stereocenters. The summed E-state index contributed by atoms with van der Waals surface area (Å²) >= 11 is 5.88. The van der Waals surface area contributed by atoms with Crippen LogP contribution in [-0.4, -0.2) is 30.5 Å². The van der Waals surface area contributed by atoms with Gasteiger partial charge in [0.2, 0.25) is 0 Å². The van der Waals surface area contributed by atoms with E-state index in [0.717, 1.165) is 5.56 Å². The van der Waals surface area contributed by atoms with Crippen LogP contribution < -0.4 is 15.5 Å². The average molecular weight is 450 g/mol. The second kappa shape index (κ2) is 10.9. The van der Waals surface area contributed by atoms with Gasteiger partial charge in [0.05, 0.1) is 18.3 Å². The van der Waals surface area contributed by atoms with Gasteiger partial charge in [-0.05, 0) is 66.6 Å². The molecule has 8 heteroatoms. The van der Waals surface area contributed by atoms with Gasteiger partial charge in [0.25, 0.3) is 11.8 Å². The van der Waals surface area contributed by atoms with Crippen LogP contribution in [0.15, 0.2) is 77.9 Å². The van der Waals surface area contributed by atoms with Gasteiger partial charge in [0, 0.05) is 10.6 Å². The molecule has 0 radical (unpaired) electrons. The molecule has 0 aromatic heterocycles. The minimum atomic E-state index is -0.520. The van der Waals surface area contributed by atoms with Crippen molar-refractivity contribution >= 4 is 35.6 Å². The molecular formula is C24H20ClN3O4. The van der Waals surface area contributed by atoms with E-state index in [9.17, 15) is 14.4 Å². The minimum Gasteiger partial charge on any atom is -0.423 e. The van der Waals surface area contributed by atoms with Crippen LogP contribution in [0, 0.1) is 6.92 Å². The summed E-state index contributed by atoms with van der Waals surface area (Å²) in [4.78, 5) is 36.1. The van der Waals surface area contributed by atoms with Crippen molar-refractivity contribution in [1.29, 1.82) is 0 Å². The first-order chi connectivity index (χ1) is 15.4. The minimum absolute atomic E-state index is 0.205. The molecule has 0 aliphatic carbocycles. The maximum absolute atomic E-state index is 12.1. The molecule has 0 aliphatic heterocycles. The highest BCUT2D eigenvalue weighted by molar-refractivity contribution is 6.30. The van der Waals surface area contributed by atoms with Crippen molar-refractivity contribution in [3.05, 3.63) is 100 Å². The predicted octanol–water partition coefficient (Wildman–Crippen LogP) is 3.75. The number of nitrogens with zero attached hydrogens (tertiary/aromatic N) is 1. The summed E-state index contributed by atoms with van der Waals surface area (Å²) in [6.45, 7) is 1.62. The highest BCUT2D eigenvalue weighted by Crippen LogP contribution is 2.16. The van der Waals surface area contributed by atoms with Crippen molar-refractivity contribution in [2.24, 2.45) is 5.10 Å². The SMILES string of the molecule is Cc1ccccc1C(=O)NCC(=O)NN=Cc1ccc(OC(=O)c2cccc(Cl)c2)cc1. The van der Waals surface area contributed by atoms with E-state index in [1.54, 1.807) is 54.6 Å². The summed E-state index contributed by atoms with van der Waals surface area (Å²) in [6.07, 6.45) is 1.43. The maximum Gasteiger partial charge on any atom is 0.343 e. The first-order valence-electron chi connectivity index (χ1n) is 9.66. The fourth-order valence-corrected chi connectivity index (χ4v) is 2.90. The van der Waals surface area contributed by atoms with Gasteiger partial charge in [-0.1, -0.05) is 35.9 Å². The van der Waals surface area contributed by atoms with Crippen LogP contribution >= 0.6 is 11.6 Å². The molecule has 162 valence electrons. The third-order valence-corrected chi connectivity index (χ3v) is 4.59. The number of hydrogen-bond acceptors (Lipinski definition) is 5. The molecule has 2 N–H and O–H groups in total. The molecule has 2 amide bonds. The largest absolute Gasteiger partial charge is 0.423 e. The van der Waals surface area contributed by atoms with Gasteiger partial charge < -0.3 is 10.1 Å². The van der Waals surface area contributed by atoms with Gasteiger partial charge >= 0.3 is 5.97 Å². The molecule has 0 aliphatic rings. The highest BCUT2D eigenvalue weighted by atomic mass is 35.5. The van der Waals surface area contributed by atoms with Crippen molar-refractivity contribution in [2.75, 3.05) is 6.54 Å². The lowest BCUT2D eigenvalue weighted by molar-refractivity contribution is -0.120. The van der Waals surface area contributed by atoms with Gasteiger partial charge in [0.15, 0.2) is 0 Å². The van der Waals surface area contributed by atoms with E-state index in [1.807, 2.05) is 19.1 Å². The third-order valence-electron chi connectivity index (χ3n) is 4.35. The van der Waals surface area contributed by atoms with E-state index in [0.29, 0.717) is 27.5 Å². The molecule has 3 rings (SSSR count). The van der Waals surface area contributed by atoms with E-state index in [-0.39, 0.29) is 12.5 Å². The Kier molecular flexibility index (Phi) is 7.72. The van der Waals surface area contributed by atoms with Crippen molar-refractivity contribution in [3.8, 4) is 5.75 Å². The molecule has 7 nitrogen and oxygen atoms in total. The first kappa shape index (κ1) is 22.7. The Balaban J connectivity index is 1.46. The zero-order valence-electron chi connectivity index (χ0n) is 17.2. The van der Waals surface area contributed by atoms with Crippen LogP contribution in [0.5, 0.6) is 5.75 Å². The Labute approximate surface area is 190 Å². The highest BCUT2D eigenvalue weighted by Gasteiger charge is 2.10. The van der Waals surface area contributed by atoms with Crippen molar-refractivity contribution < 1.29 is 19.1 Å². The Bertz CT molecular complexity index is 1160. The zero-order chi connectivity index (χ0) is 22.9. The molecule has 0 saturated heterocycles. The summed E-state index contributed by atoms with van der Waals surface area (Å²) in [5.41, 5.74) is 4.71. The molecule has 0 saturated carbocycles. The number of rotatable bonds is 7. The van der Waals surface area contributed by atoms with E-state index < -0.39 is 11.9 Å². The summed E-state index contributed by atoms with van der Waals surface area (Å²) in [7, 11) is 0. The number of halogens is 1. The van der Waals surface area contributed by atoms with Gasteiger partial charge in [-0.3, -0.25) is 9.59 Å². The second-order valence-corrected chi connectivity index (χ2v) is 7.20. The van der Waals surface area contributed by atoms with E-state index in [2.05, 4.69) is 15.8 Å². The number of carbonyl (C=O) groups is 3. The van der Waals surface area contributed by atoms with Gasteiger partial charge in [-0.15, -0.1) is 0 Å². The van der Waals surface area contributed by atoms with Crippen LogP contribution in [0.3, 0.4) is 0 Å². The summed E-state index contributed by atoms with van der Waals surface area (Å²) in [5, 5.41) is 6.86. The van der Waals surface area contributed by atoms with Gasteiger partial charge in [-0.2, -0.15) is 5.10 Å². The summed E-state index contributed by atoms with van der Waals surface area (Å²) < 4.78 is 5.30. The second-order valence-electron chi connectivity index (χ2n) is 6.76. The number of hydrazone groups is 1. The van der Waals surface area contributed by atoms with Crippen molar-refractivity contribution in [3.63, 3.8) is 0 Å². The fourth-order valence-electron chi connectivity index (χ4n) is 2.71. The summed E-state index contributed by atoms with van der Waals surface area (Å²) in [5.74, 6) is -0.954. The normalized spacial score (nSPS) is 10.6. The topological polar surface area (TPSA) is 96.9 Å². The van der Waals surface area contributed by atoms with E-state index >= 15 is 0 Å². The number of benzene rings is 3. The molecule has 0 heterocycles. The molecule has 0 spiro atoms. The van der Waals surface area contributed by atoms with Crippen LogP contribution in [-0.2, 0) is 4.79 Å². The zero-order valence-corrected chi connectivity index (χ0v) is 17.9. The van der Waals surface area contributed by atoms with Gasteiger partial charge in [-0.25, -0.2) is 10.2 Å². The first-order valence-corrected chi connectivity index (χ1v) is 10.0. The molecule has 0 fully saturated rings. The number of nitrogens with one attached hydrogen (secondary N) is 2. The van der Waals surface area contributed by atoms with Crippen molar-refractivity contribution in [2.45, 2.75) is 6.92 Å². The van der Waals surface area contributed by atoms with Crippen LogP contribution in [0.4, 0.5) is 0 Å². The Morgan fingerprint density at radius 1 is 1.00 bits per heavy atom. The molecule has 0 unspecified atom stereocenters. The fraction of sp³-hybridized carbons (Fsp3) is 0.0833. The molecule has 3 aromatic carbocycles.